The second-order valence-corrected chi connectivity index (χ2v) is 4.06. The molecule has 3 nitrogen and oxygen atoms in total. The van der Waals surface area contributed by atoms with Gasteiger partial charge in [0.2, 0.25) is 5.69 Å². The first-order valence-corrected chi connectivity index (χ1v) is 5.61. The molecule has 0 amide bonds. The van der Waals surface area contributed by atoms with E-state index in [1.54, 1.807) is 13.0 Å². The van der Waals surface area contributed by atoms with Crippen LogP contribution in [0.5, 0.6) is 5.75 Å². The quantitative estimate of drug-likeness (QED) is 0.620. The van der Waals surface area contributed by atoms with Crippen molar-refractivity contribution in [3.05, 3.63) is 64.1 Å². The van der Waals surface area contributed by atoms with Gasteiger partial charge in [0.05, 0.1) is 0 Å². The van der Waals surface area contributed by atoms with Crippen LogP contribution in [0.1, 0.15) is 11.3 Å². The molecular formula is C13H12ClNO2. The summed E-state index contributed by atoms with van der Waals surface area (Å²) in [5.41, 5.74) is 1.50. The number of hydrogen-bond acceptors (Lipinski definition) is 2. The fourth-order valence-electron chi connectivity index (χ4n) is 1.44. The maximum atomic E-state index is 11.2. The van der Waals surface area contributed by atoms with Crippen LogP contribution in [0.2, 0.25) is 5.02 Å². The van der Waals surface area contributed by atoms with E-state index in [0.717, 1.165) is 10.3 Å². The second kappa shape index (κ2) is 5.06. The number of ether oxygens (including phenoxy) is 1. The highest BCUT2D eigenvalue weighted by molar-refractivity contribution is 6.32. The molecule has 0 atom stereocenters. The van der Waals surface area contributed by atoms with Gasteiger partial charge in [0.25, 0.3) is 0 Å². The largest absolute Gasteiger partial charge is 0.618 e. The Labute approximate surface area is 105 Å². The third kappa shape index (κ3) is 2.68. The molecule has 0 N–H and O–H groups in total. The molecule has 4 heteroatoms. The van der Waals surface area contributed by atoms with Crippen LogP contribution in [0.25, 0.3) is 0 Å². The zero-order valence-corrected chi connectivity index (χ0v) is 10.1. The van der Waals surface area contributed by atoms with Crippen LogP contribution in [0.15, 0.2) is 42.6 Å². The number of rotatable bonds is 3. The molecule has 0 aliphatic carbocycles. The number of halogens is 1. The van der Waals surface area contributed by atoms with E-state index in [9.17, 15) is 5.21 Å². The summed E-state index contributed by atoms with van der Waals surface area (Å²) in [5.74, 6) is 0.528. The van der Waals surface area contributed by atoms with E-state index in [0.29, 0.717) is 23.1 Å². The Bertz CT molecular complexity index is 514. The summed E-state index contributed by atoms with van der Waals surface area (Å²) in [4.78, 5) is 0. The van der Waals surface area contributed by atoms with Gasteiger partial charge in [-0.2, -0.15) is 4.73 Å². The molecule has 1 aromatic heterocycles. The van der Waals surface area contributed by atoms with Gasteiger partial charge >= 0.3 is 0 Å². The van der Waals surface area contributed by atoms with Gasteiger partial charge in [-0.05, 0) is 5.56 Å². The highest BCUT2D eigenvalue weighted by atomic mass is 35.5. The molecule has 0 unspecified atom stereocenters. The molecule has 0 bridgehead atoms. The summed E-state index contributed by atoms with van der Waals surface area (Å²) in [6.07, 6.45) is 1.39. The Hall–Kier alpha value is -1.74. The average Bonchev–Trinajstić information content (AvgIpc) is 2.36. The van der Waals surface area contributed by atoms with Crippen LogP contribution in [0.4, 0.5) is 0 Å². The molecule has 88 valence electrons. The van der Waals surface area contributed by atoms with Crippen molar-refractivity contribution in [3.8, 4) is 5.75 Å². The minimum absolute atomic E-state index is 0.360. The fourth-order valence-corrected chi connectivity index (χ4v) is 1.64. The first kappa shape index (κ1) is 11.7. The van der Waals surface area contributed by atoms with Crippen LogP contribution in [0.3, 0.4) is 0 Å². The van der Waals surface area contributed by atoms with Crippen molar-refractivity contribution < 1.29 is 9.47 Å². The van der Waals surface area contributed by atoms with Crippen LogP contribution in [-0.2, 0) is 6.61 Å². The lowest BCUT2D eigenvalue weighted by Gasteiger charge is -2.09. The van der Waals surface area contributed by atoms with E-state index in [-0.39, 0.29) is 0 Å². The van der Waals surface area contributed by atoms with E-state index in [4.69, 9.17) is 16.3 Å². The lowest BCUT2D eigenvalue weighted by Crippen LogP contribution is -2.29. The molecule has 17 heavy (non-hydrogen) atoms. The van der Waals surface area contributed by atoms with E-state index < -0.39 is 0 Å². The normalized spacial score (nSPS) is 10.2. The van der Waals surface area contributed by atoms with Gasteiger partial charge in [-0.15, -0.1) is 0 Å². The summed E-state index contributed by atoms with van der Waals surface area (Å²) in [6, 6.07) is 11.4. The minimum Gasteiger partial charge on any atom is -0.618 e. The van der Waals surface area contributed by atoms with Crippen LogP contribution >= 0.6 is 11.6 Å². The minimum atomic E-state index is 0.360. The fraction of sp³-hybridized carbons (Fsp3) is 0.154. The predicted octanol–water partition coefficient (Wildman–Crippen LogP) is 2.86. The third-order valence-electron chi connectivity index (χ3n) is 2.46. The Balaban J connectivity index is 2.13. The lowest BCUT2D eigenvalue weighted by molar-refractivity contribution is -0.612. The van der Waals surface area contributed by atoms with Crippen LogP contribution < -0.4 is 9.47 Å². The molecule has 0 saturated carbocycles. The summed E-state index contributed by atoms with van der Waals surface area (Å²) in [5, 5.41) is 11.6. The average molecular weight is 250 g/mol. The maximum Gasteiger partial charge on any atom is 0.212 e. The zero-order chi connectivity index (χ0) is 12.3. The summed E-state index contributed by atoms with van der Waals surface area (Å²) < 4.78 is 6.29. The van der Waals surface area contributed by atoms with Gasteiger partial charge in [0.15, 0.2) is 17.0 Å². The van der Waals surface area contributed by atoms with Crippen molar-refractivity contribution in [2.45, 2.75) is 13.5 Å². The lowest BCUT2D eigenvalue weighted by atomic mass is 10.2. The van der Waals surface area contributed by atoms with E-state index in [1.807, 2.05) is 30.3 Å². The standard InChI is InChI=1S/C13H12ClNO2/c1-10-13(14)12(7-8-15(10)16)17-9-11-5-3-2-4-6-11/h2-8H,9H2,1H3. The van der Waals surface area contributed by atoms with Crippen molar-refractivity contribution in [2.75, 3.05) is 0 Å². The molecule has 2 rings (SSSR count). The number of pyridine rings is 1. The van der Waals surface area contributed by atoms with Crippen LogP contribution in [-0.4, -0.2) is 0 Å². The molecule has 0 radical (unpaired) electrons. The Morgan fingerprint density at radius 2 is 1.94 bits per heavy atom. The van der Waals surface area contributed by atoms with Crippen molar-refractivity contribution in [3.63, 3.8) is 0 Å². The molecular weight excluding hydrogens is 238 g/mol. The SMILES string of the molecule is Cc1c(Cl)c(OCc2ccccc2)cc[n+]1[O-]. The third-order valence-corrected chi connectivity index (χ3v) is 2.92. The van der Waals surface area contributed by atoms with E-state index >= 15 is 0 Å². The Morgan fingerprint density at radius 1 is 1.24 bits per heavy atom. The van der Waals surface area contributed by atoms with Crippen molar-refractivity contribution in [2.24, 2.45) is 0 Å². The van der Waals surface area contributed by atoms with Crippen molar-refractivity contribution >= 4 is 11.6 Å². The molecule has 0 aliphatic heterocycles. The van der Waals surface area contributed by atoms with Gasteiger partial charge in [0, 0.05) is 13.0 Å². The smallest absolute Gasteiger partial charge is 0.212 e. The number of aromatic nitrogens is 1. The molecule has 1 aromatic carbocycles. The molecule has 0 fully saturated rings. The Morgan fingerprint density at radius 3 is 2.65 bits per heavy atom. The maximum absolute atomic E-state index is 11.2. The molecule has 0 saturated heterocycles. The second-order valence-electron chi connectivity index (χ2n) is 3.68. The summed E-state index contributed by atoms with van der Waals surface area (Å²) in [7, 11) is 0. The topological polar surface area (TPSA) is 36.2 Å². The number of nitrogens with zero attached hydrogens (tertiary/aromatic N) is 1. The predicted molar refractivity (Wildman–Crippen MR) is 65.9 cm³/mol. The van der Waals surface area contributed by atoms with Gasteiger partial charge in [0.1, 0.15) is 6.61 Å². The summed E-state index contributed by atoms with van der Waals surface area (Å²) in [6.45, 7) is 2.09. The monoisotopic (exact) mass is 249 g/mol. The van der Waals surface area contributed by atoms with Gasteiger partial charge in [-0.3, -0.25) is 0 Å². The van der Waals surface area contributed by atoms with Gasteiger partial charge < -0.3 is 9.94 Å². The zero-order valence-electron chi connectivity index (χ0n) is 9.39. The highest BCUT2D eigenvalue weighted by Gasteiger charge is 2.12. The van der Waals surface area contributed by atoms with Gasteiger partial charge in [-0.25, -0.2) is 0 Å². The van der Waals surface area contributed by atoms with Crippen molar-refractivity contribution in [1.82, 2.24) is 0 Å². The van der Waals surface area contributed by atoms with E-state index in [1.165, 1.54) is 6.20 Å². The first-order valence-electron chi connectivity index (χ1n) is 5.23. The van der Waals surface area contributed by atoms with Crippen molar-refractivity contribution in [1.29, 1.82) is 0 Å². The van der Waals surface area contributed by atoms with Gasteiger partial charge in [-0.1, -0.05) is 41.9 Å². The molecule has 0 aliphatic rings. The first-order chi connectivity index (χ1) is 8.18. The van der Waals surface area contributed by atoms with Crippen LogP contribution in [0, 0.1) is 12.1 Å². The Kier molecular flexibility index (Phi) is 3.49. The highest BCUT2D eigenvalue weighted by Crippen LogP contribution is 2.25. The summed E-state index contributed by atoms with van der Waals surface area (Å²) >= 11 is 6.02. The number of hydrogen-bond donors (Lipinski definition) is 0. The molecule has 1 heterocycles. The van der Waals surface area contributed by atoms with E-state index in [2.05, 4.69) is 0 Å². The molecule has 2 aromatic rings. The molecule has 0 spiro atoms. The number of benzene rings is 1.